The number of nitrogens with zero attached hydrogens (tertiary/aromatic N) is 2. The number of hydrogen-bond donors (Lipinski definition) is 0. The summed E-state index contributed by atoms with van der Waals surface area (Å²) in [4.78, 5) is 10.4. The first-order chi connectivity index (χ1) is 10.0. The van der Waals surface area contributed by atoms with Gasteiger partial charge in [-0.25, -0.2) is 4.39 Å². The summed E-state index contributed by atoms with van der Waals surface area (Å²) in [5.41, 5.74) is 0.223. The Kier molecular flexibility index (Phi) is 4.40. The number of rotatable bonds is 4. The molecule has 5 nitrogen and oxygen atoms in total. The zero-order valence-electron chi connectivity index (χ0n) is 10.7. The molecular formula is C14H9FN2O3S. The highest BCUT2D eigenvalue weighted by Crippen LogP contribution is 2.24. The number of para-hydroxylation sites is 1. The van der Waals surface area contributed by atoms with Gasteiger partial charge in [0.2, 0.25) is 0 Å². The van der Waals surface area contributed by atoms with Crippen LogP contribution in [0.4, 0.5) is 10.1 Å². The second kappa shape index (κ2) is 6.24. The van der Waals surface area contributed by atoms with Crippen LogP contribution in [0.1, 0.15) is 11.1 Å². The van der Waals surface area contributed by atoms with Crippen molar-refractivity contribution in [3.05, 3.63) is 69.5 Å². The molecule has 0 radical (unpaired) electrons. The summed E-state index contributed by atoms with van der Waals surface area (Å²) < 4.78 is 25.6. The molecule has 21 heavy (non-hydrogen) atoms. The zero-order chi connectivity index (χ0) is 15.4. The molecule has 0 fully saturated rings. The molecule has 0 spiro atoms. The Labute approximate surface area is 122 Å². The summed E-state index contributed by atoms with van der Waals surface area (Å²) in [7, 11) is -1.70. The predicted octanol–water partition coefficient (Wildman–Crippen LogP) is 2.91. The van der Waals surface area contributed by atoms with Crippen molar-refractivity contribution in [1.29, 1.82) is 5.26 Å². The minimum absolute atomic E-state index is 0.0743. The van der Waals surface area contributed by atoms with E-state index in [1.165, 1.54) is 24.3 Å². The van der Waals surface area contributed by atoms with E-state index in [2.05, 4.69) is 0 Å². The van der Waals surface area contributed by atoms with Gasteiger partial charge in [-0.1, -0.05) is 12.1 Å². The van der Waals surface area contributed by atoms with Crippen LogP contribution in [0, 0.1) is 27.3 Å². The van der Waals surface area contributed by atoms with Gasteiger partial charge in [-0.05, 0) is 29.8 Å². The molecule has 2 aromatic rings. The van der Waals surface area contributed by atoms with E-state index in [0.29, 0.717) is 5.56 Å². The second-order valence-corrected chi connectivity index (χ2v) is 5.59. The largest absolute Gasteiger partial charge is 0.285 e. The van der Waals surface area contributed by atoms with E-state index in [0.717, 1.165) is 12.1 Å². The van der Waals surface area contributed by atoms with Crippen LogP contribution < -0.4 is 0 Å². The second-order valence-electron chi connectivity index (χ2n) is 4.17. The lowest BCUT2D eigenvalue weighted by atomic mass is 10.1. The molecule has 0 saturated carbocycles. The number of benzene rings is 2. The fourth-order valence-corrected chi connectivity index (χ4v) is 3.06. The van der Waals surface area contributed by atoms with Gasteiger partial charge in [0.1, 0.15) is 10.7 Å². The summed E-state index contributed by atoms with van der Waals surface area (Å²) in [6.07, 6.45) is 0. The van der Waals surface area contributed by atoms with Crippen molar-refractivity contribution in [3.63, 3.8) is 0 Å². The van der Waals surface area contributed by atoms with Crippen molar-refractivity contribution in [2.45, 2.75) is 10.6 Å². The summed E-state index contributed by atoms with van der Waals surface area (Å²) in [6.45, 7) is 0. The first-order valence-corrected chi connectivity index (χ1v) is 7.14. The third kappa shape index (κ3) is 3.49. The standard InChI is InChI=1S/C14H9FN2O3S/c15-12-6-10(8-16)5-11(7-12)9-21(20)14-4-2-1-3-13(14)17(18)19/h1-7H,9H2. The monoisotopic (exact) mass is 304 g/mol. The molecule has 1 atom stereocenters. The lowest BCUT2D eigenvalue weighted by Gasteiger charge is -2.04. The zero-order valence-corrected chi connectivity index (χ0v) is 11.5. The maximum absolute atomic E-state index is 13.3. The molecule has 0 aliphatic heterocycles. The van der Waals surface area contributed by atoms with Crippen molar-refractivity contribution in [3.8, 4) is 6.07 Å². The summed E-state index contributed by atoms with van der Waals surface area (Å²) in [5, 5.41) is 19.7. The van der Waals surface area contributed by atoms with Gasteiger partial charge >= 0.3 is 0 Å². The fraction of sp³-hybridized carbons (Fsp3) is 0.0714. The molecule has 7 heteroatoms. The Bertz CT molecular complexity index is 771. The van der Waals surface area contributed by atoms with Crippen LogP contribution in [0.15, 0.2) is 47.4 Å². The lowest BCUT2D eigenvalue weighted by molar-refractivity contribution is -0.387. The highest BCUT2D eigenvalue weighted by Gasteiger charge is 2.18. The molecule has 2 aromatic carbocycles. The van der Waals surface area contributed by atoms with Crippen LogP contribution in [-0.4, -0.2) is 9.13 Å². The molecule has 0 aliphatic rings. The molecule has 1 unspecified atom stereocenters. The number of nitro groups is 1. The topological polar surface area (TPSA) is 84.0 Å². The highest BCUT2D eigenvalue weighted by atomic mass is 32.2. The maximum atomic E-state index is 13.3. The SMILES string of the molecule is N#Cc1cc(F)cc(CS(=O)c2ccccc2[N+](=O)[O-])c1. The molecule has 0 amide bonds. The van der Waals surface area contributed by atoms with Gasteiger partial charge in [0.25, 0.3) is 5.69 Å². The van der Waals surface area contributed by atoms with Crippen molar-refractivity contribution >= 4 is 16.5 Å². The Hall–Kier alpha value is -2.59. The van der Waals surface area contributed by atoms with E-state index < -0.39 is 21.5 Å². The molecule has 0 aromatic heterocycles. The third-order valence-electron chi connectivity index (χ3n) is 2.69. The maximum Gasteiger partial charge on any atom is 0.285 e. The van der Waals surface area contributed by atoms with Crippen molar-refractivity contribution in [2.75, 3.05) is 0 Å². The summed E-state index contributed by atoms with van der Waals surface area (Å²) >= 11 is 0. The Morgan fingerprint density at radius 2 is 2.00 bits per heavy atom. The first kappa shape index (κ1) is 14.8. The molecular weight excluding hydrogens is 295 g/mol. The van der Waals surface area contributed by atoms with Crippen LogP contribution >= 0.6 is 0 Å². The summed E-state index contributed by atoms with van der Waals surface area (Å²) in [5.74, 6) is -0.708. The molecule has 0 bridgehead atoms. The lowest BCUT2D eigenvalue weighted by Crippen LogP contribution is -2.01. The van der Waals surface area contributed by atoms with Gasteiger partial charge in [-0.15, -0.1) is 0 Å². The third-order valence-corrected chi connectivity index (χ3v) is 4.12. The number of nitro benzene ring substituents is 1. The highest BCUT2D eigenvalue weighted by molar-refractivity contribution is 7.84. The van der Waals surface area contributed by atoms with Crippen LogP contribution in [0.25, 0.3) is 0 Å². The molecule has 106 valence electrons. The number of nitriles is 1. The van der Waals surface area contributed by atoms with E-state index in [9.17, 15) is 18.7 Å². The van der Waals surface area contributed by atoms with Crippen LogP contribution in [0.2, 0.25) is 0 Å². The van der Waals surface area contributed by atoms with Crippen molar-refractivity contribution in [2.24, 2.45) is 0 Å². The van der Waals surface area contributed by atoms with Crippen LogP contribution in [-0.2, 0) is 16.6 Å². The molecule has 0 N–H and O–H groups in total. The molecule has 0 saturated heterocycles. The van der Waals surface area contributed by atoms with Crippen LogP contribution in [0.5, 0.6) is 0 Å². The van der Waals surface area contributed by atoms with Gasteiger partial charge in [-0.3, -0.25) is 14.3 Å². The van der Waals surface area contributed by atoms with Gasteiger partial charge in [0, 0.05) is 6.07 Å². The molecule has 0 aliphatic carbocycles. The van der Waals surface area contributed by atoms with Crippen molar-refractivity contribution < 1.29 is 13.5 Å². The van der Waals surface area contributed by atoms with E-state index in [1.807, 2.05) is 0 Å². The van der Waals surface area contributed by atoms with Gasteiger partial charge in [0.15, 0.2) is 0 Å². The first-order valence-electron chi connectivity index (χ1n) is 5.82. The minimum atomic E-state index is -1.70. The Morgan fingerprint density at radius 3 is 2.67 bits per heavy atom. The van der Waals surface area contributed by atoms with Crippen LogP contribution in [0.3, 0.4) is 0 Å². The van der Waals surface area contributed by atoms with E-state index in [1.54, 1.807) is 12.1 Å². The molecule has 0 heterocycles. The number of hydrogen-bond acceptors (Lipinski definition) is 4. The summed E-state index contributed by atoms with van der Waals surface area (Å²) in [6, 6.07) is 11.1. The van der Waals surface area contributed by atoms with E-state index in [-0.39, 0.29) is 21.9 Å². The smallest absolute Gasteiger partial charge is 0.258 e. The average Bonchev–Trinajstić information content (AvgIpc) is 2.46. The van der Waals surface area contributed by atoms with E-state index >= 15 is 0 Å². The number of halogens is 1. The minimum Gasteiger partial charge on any atom is -0.258 e. The van der Waals surface area contributed by atoms with E-state index in [4.69, 9.17) is 5.26 Å². The van der Waals surface area contributed by atoms with Gasteiger partial charge in [0.05, 0.1) is 33.1 Å². The quantitative estimate of drug-likeness (QED) is 0.642. The Balaban J connectivity index is 2.33. The van der Waals surface area contributed by atoms with Crippen molar-refractivity contribution in [1.82, 2.24) is 0 Å². The molecule has 2 rings (SSSR count). The van der Waals surface area contributed by atoms with Gasteiger partial charge in [-0.2, -0.15) is 5.26 Å². The van der Waals surface area contributed by atoms with Gasteiger partial charge < -0.3 is 0 Å². The average molecular weight is 304 g/mol. The Morgan fingerprint density at radius 1 is 1.29 bits per heavy atom. The fourth-order valence-electron chi connectivity index (χ4n) is 1.83. The predicted molar refractivity (Wildman–Crippen MR) is 74.3 cm³/mol. The normalized spacial score (nSPS) is 11.6.